The van der Waals surface area contributed by atoms with Gasteiger partial charge in [0.1, 0.15) is 0 Å². The van der Waals surface area contributed by atoms with Gasteiger partial charge < -0.3 is 19.9 Å². The summed E-state index contributed by atoms with van der Waals surface area (Å²) in [5.74, 6) is 1.56. The molecule has 0 saturated heterocycles. The fourth-order valence-electron chi connectivity index (χ4n) is 1.87. The summed E-state index contributed by atoms with van der Waals surface area (Å²) >= 11 is 0. The summed E-state index contributed by atoms with van der Waals surface area (Å²) in [6.45, 7) is 6.05. The van der Waals surface area contributed by atoms with E-state index < -0.39 is 0 Å². The molecule has 1 aromatic rings. The molecule has 0 aromatic heterocycles. The molecule has 0 aliphatic carbocycles. The molecular weight excluding hydrogens is 242 g/mol. The van der Waals surface area contributed by atoms with E-state index in [0.29, 0.717) is 13.2 Å². The monoisotopic (exact) mass is 267 g/mol. The zero-order valence-corrected chi connectivity index (χ0v) is 12.1. The van der Waals surface area contributed by atoms with Gasteiger partial charge in [-0.05, 0) is 31.9 Å². The maximum Gasteiger partial charge on any atom is 0.164 e. The largest absolute Gasteiger partial charge is 0.493 e. The molecule has 1 rings (SSSR count). The molecule has 0 spiro atoms. The lowest BCUT2D eigenvalue weighted by Gasteiger charge is -2.16. The van der Waals surface area contributed by atoms with Crippen LogP contribution >= 0.6 is 0 Å². The number of benzene rings is 1. The minimum Gasteiger partial charge on any atom is -0.493 e. The number of ether oxygens (including phenoxy) is 3. The van der Waals surface area contributed by atoms with E-state index >= 15 is 0 Å². The highest BCUT2D eigenvalue weighted by Gasteiger charge is 2.11. The average Bonchev–Trinajstić information content (AvgIpc) is 2.39. The van der Waals surface area contributed by atoms with E-state index in [9.17, 15) is 0 Å². The first-order valence-electron chi connectivity index (χ1n) is 6.81. The lowest BCUT2D eigenvalue weighted by Crippen LogP contribution is -2.18. The molecule has 0 saturated carbocycles. The van der Waals surface area contributed by atoms with Gasteiger partial charge in [-0.3, -0.25) is 0 Å². The van der Waals surface area contributed by atoms with E-state index in [-0.39, 0.29) is 6.04 Å². The van der Waals surface area contributed by atoms with Crippen LogP contribution in [-0.2, 0) is 11.2 Å². The Kier molecular flexibility index (Phi) is 7.30. The number of hydrogen-bond acceptors (Lipinski definition) is 4. The summed E-state index contributed by atoms with van der Waals surface area (Å²) < 4.78 is 16.5. The Hall–Kier alpha value is -1.26. The molecule has 0 fully saturated rings. The molecule has 0 radical (unpaired) electrons. The predicted molar refractivity (Wildman–Crippen MR) is 77.0 cm³/mol. The second-order valence-corrected chi connectivity index (χ2v) is 4.53. The van der Waals surface area contributed by atoms with Crippen molar-refractivity contribution < 1.29 is 14.2 Å². The number of methoxy groups -OCH3 is 1. The molecule has 4 heteroatoms. The Morgan fingerprint density at radius 2 is 2.05 bits per heavy atom. The minimum absolute atomic E-state index is 0.0953. The highest BCUT2D eigenvalue weighted by Crippen LogP contribution is 2.31. The van der Waals surface area contributed by atoms with Crippen LogP contribution in [0.1, 0.15) is 25.8 Å². The van der Waals surface area contributed by atoms with Gasteiger partial charge >= 0.3 is 0 Å². The van der Waals surface area contributed by atoms with Crippen LogP contribution in [0.4, 0.5) is 0 Å². The van der Waals surface area contributed by atoms with E-state index in [1.807, 2.05) is 32.0 Å². The standard InChI is InChI=1S/C15H25NO3/c1-4-18-9-6-10-19-15-13(11-12(2)16)7-5-8-14(15)17-3/h5,7-8,12H,4,6,9-11,16H2,1-3H3. The molecule has 19 heavy (non-hydrogen) atoms. The molecule has 0 aliphatic rings. The van der Waals surface area contributed by atoms with Crippen molar-refractivity contribution in [3.8, 4) is 11.5 Å². The van der Waals surface area contributed by atoms with Crippen molar-refractivity contribution in [3.63, 3.8) is 0 Å². The molecule has 1 atom stereocenters. The molecule has 2 N–H and O–H groups in total. The van der Waals surface area contributed by atoms with Gasteiger partial charge in [-0.2, -0.15) is 0 Å². The van der Waals surface area contributed by atoms with Gasteiger partial charge in [0.15, 0.2) is 11.5 Å². The topological polar surface area (TPSA) is 53.7 Å². The summed E-state index contributed by atoms with van der Waals surface area (Å²) in [5, 5.41) is 0. The van der Waals surface area contributed by atoms with E-state index in [4.69, 9.17) is 19.9 Å². The molecule has 0 amide bonds. The minimum atomic E-state index is 0.0953. The van der Waals surface area contributed by atoms with E-state index in [2.05, 4.69) is 0 Å². The van der Waals surface area contributed by atoms with Crippen molar-refractivity contribution in [2.45, 2.75) is 32.7 Å². The molecule has 4 nitrogen and oxygen atoms in total. The number of hydrogen-bond donors (Lipinski definition) is 1. The van der Waals surface area contributed by atoms with Gasteiger partial charge in [0.05, 0.1) is 13.7 Å². The molecule has 1 unspecified atom stereocenters. The van der Waals surface area contributed by atoms with Gasteiger partial charge in [0, 0.05) is 25.7 Å². The van der Waals surface area contributed by atoms with Crippen LogP contribution in [0, 0.1) is 0 Å². The third kappa shape index (κ3) is 5.49. The Balaban J connectivity index is 2.66. The van der Waals surface area contributed by atoms with Crippen molar-refractivity contribution in [1.29, 1.82) is 0 Å². The Morgan fingerprint density at radius 3 is 2.68 bits per heavy atom. The zero-order valence-electron chi connectivity index (χ0n) is 12.1. The molecule has 1 aromatic carbocycles. The van der Waals surface area contributed by atoms with Crippen molar-refractivity contribution in [2.24, 2.45) is 5.73 Å². The van der Waals surface area contributed by atoms with Gasteiger partial charge in [-0.15, -0.1) is 0 Å². The fourth-order valence-corrected chi connectivity index (χ4v) is 1.87. The van der Waals surface area contributed by atoms with Gasteiger partial charge in [-0.25, -0.2) is 0 Å². The van der Waals surface area contributed by atoms with Crippen LogP contribution in [0.15, 0.2) is 18.2 Å². The van der Waals surface area contributed by atoms with Gasteiger partial charge in [0.25, 0.3) is 0 Å². The maximum atomic E-state index is 5.86. The van der Waals surface area contributed by atoms with E-state index in [1.165, 1.54) is 0 Å². The van der Waals surface area contributed by atoms with Crippen molar-refractivity contribution in [1.82, 2.24) is 0 Å². The third-order valence-corrected chi connectivity index (χ3v) is 2.71. The van der Waals surface area contributed by atoms with E-state index in [0.717, 1.165) is 36.5 Å². The summed E-state index contributed by atoms with van der Waals surface area (Å²) in [4.78, 5) is 0. The second kappa shape index (κ2) is 8.77. The SMILES string of the molecule is CCOCCCOc1c(CC(C)N)cccc1OC. The molecule has 0 heterocycles. The van der Waals surface area contributed by atoms with Crippen molar-refractivity contribution in [3.05, 3.63) is 23.8 Å². The lowest BCUT2D eigenvalue weighted by molar-refractivity contribution is 0.130. The summed E-state index contributed by atoms with van der Waals surface area (Å²) in [6, 6.07) is 5.99. The summed E-state index contributed by atoms with van der Waals surface area (Å²) in [5.41, 5.74) is 6.95. The van der Waals surface area contributed by atoms with Crippen molar-refractivity contribution in [2.75, 3.05) is 26.9 Å². The zero-order chi connectivity index (χ0) is 14.1. The third-order valence-electron chi connectivity index (χ3n) is 2.71. The smallest absolute Gasteiger partial charge is 0.164 e. The first-order chi connectivity index (χ1) is 9.19. The van der Waals surface area contributed by atoms with Crippen molar-refractivity contribution >= 4 is 0 Å². The second-order valence-electron chi connectivity index (χ2n) is 4.53. The van der Waals surface area contributed by atoms with Gasteiger partial charge in [0.2, 0.25) is 0 Å². The highest BCUT2D eigenvalue weighted by atomic mass is 16.5. The fraction of sp³-hybridized carbons (Fsp3) is 0.600. The average molecular weight is 267 g/mol. The van der Waals surface area contributed by atoms with Crippen LogP contribution in [0.5, 0.6) is 11.5 Å². The number of nitrogens with two attached hydrogens (primary N) is 1. The molecule has 0 aliphatic heterocycles. The molecule has 0 bridgehead atoms. The quantitative estimate of drug-likeness (QED) is 0.698. The number of rotatable bonds is 9. The van der Waals surface area contributed by atoms with Crippen LogP contribution in [-0.4, -0.2) is 33.0 Å². The predicted octanol–water partition coefficient (Wildman–Crippen LogP) is 2.39. The molecular formula is C15H25NO3. The van der Waals surface area contributed by atoms with Crippen LogP contribution < -0.4 is 15.2 Å². The van der Waals surface area contributed by atoms with Crippen LogP contribution in [0.25, 0.3) is 0 Å². The Bertz CT molecular complexity index is 366. The molecule has 108 valence electrons. The first kappa shape index (κ1) is 15.8. The maximum absolute atomic E-state index is 5.86. The summed E-state index contributed by atoms with van der Waals surface area (Å²) in [7, 11) is 1.65. The van der Waals surface area contributed by atoms with Gasteiger partial charge in [-0.1, -0.05) is 12.1 Å². The van der Waals surface area contributed by atoms with E-state index in [1.54, 1.807) is 7.11 Å². The lowest BCUT2D eigenvalue weighted by atomic mass is 10.1. The summed E-state index contributed by atoms with van der Waals surface area (Å²) in [6.07, 6.45) is 1.64. The van der Waals surface area contributed by atoms with Crippen LogP contribution in [0.3, 0.4) is 0 Å². The highest BCUT2D eigenvalue weighted by molar-refractivity contribution is 5.47. The first-order valence-corrected chi connectivity index (χ1v) is 6.81. The Labute approximate surface area is 115 Å². The number of para-hydroxylation sites is 1. The van der Waals surface area contributed by atoms with Crippen LogP contribution in [0.2, 0.25) is 0 Å². The normalized spacial score (nSPS) is 12.2. The Morgan fingerprint density at radius 1 is 1.26 bits per heavy atom.